The van der Waals surface area contributed by atoms with E-state index < -0.39 is 0 Å². The Balaban J connectivity index is 2.71. The van der Waals surface area contributed by atoms with Crippen molar-refractivity contribution in [2.45, 2.75) is 39.8 Å². The van der Waals surface area contributed by atoms with Crippen LogP contribution in [-0.2, 0) is 0 Å². The Morgan fingerprint density at radius 3 is 2.25 bits per heavy atom. The molecular weight excluding hydrogens is 266 g/mol. The minimum absolute atomic E-state index is 0.345. The van der Waals surface area contributed by atoms with Gasteiger partial charge in [-0.2, -0.15) is 0 Å². The van der Waals surface area contributed by atoms with Crippen LogP contribution in [0.3, 0.4) is 0 Å². The lowest BCUT2D eigenvalue weighted by atomic mass is 10.1. The third-order valence-corrected chi connectivity index (χ3v) is 3.58. The van der Waals surface area contributed by atoms with Crippen molar-refractivity contribution in [1.29, 1.82) is 0 Å². The number of thiocarbonyl (C=S) groups is 1. The Morgan fingerprint density at radius 2 is 1.75 bits per heavy atom. The molecule has 20 heavy (non-hydrogen) atoms. The van der Waals surface area contributed by atoms with E-state index in [0.717, 1.165) is 24.7 Å². The van der Waals surface area contributed by atoms with Crippen molar-refractivity contribution in [3.8, 4) is 0 Å². The Hall–Kier alpha value is -1.13. The van der Waals surface area contributed by atoms with Crippen molar-refractivity contribution in [1.82, 2.24) is 15.5 Å². The first-order valence-corrected chi connectivity index (χ1v) is 7.82. The molecule has 1 atom stereocenters. The van der Waals surface area contributed by atoms with E-state index >= 15 is 0 Å². The van der Waals surface area contributed by atoms with Gasteiger partial charge in [0.15, 0.2) is 5.11 Å². The molecule has 3 nitrogen and oxygen atoms in total. The van der Waals surface area contributed by atoms with E-state index in [9.17, 15) is 0 Å². The average molecular weight is 293 g/mol. The predicted octanol–water partition coefficient (Wildman–Crippen LogP) is 2.94. The van der Waals surface area contributed by atoms with Crippen LogP contribution < -0.4 is 10.6 Å². The molecule has 2 N–H and O–H groups in total. The zero-order valence-corrected chi connectivity index (χ0v) is 13.8. The number of rotatable bonds is 7. The third kappa shape index (κ3) is 5.47. The molecule has 0 amide bonds. The fraction of sp³-hybridized carbons (Fsp3) is 0.562. The molecule has 1 rings (SSSR count). The summed E-state index contributed by atoms with van der Waals surface area (Å²) in [6, 6.07) is 11.3. The SMILES string of the molecule is CCN(CC)C(CNC(=S)NC(C)C)c1ccccc1. The summed E-state index contributed by atoms with van der Waals surface area (Å²) in [5, 5.41) is 7.30. The Morgan fingerprint density at radius 1 is 1.15 bits per heavy atom. The maximum absolute atomic E-state index is 5.32. The standard InChI is InChI=1S/C16H27N3S/c1-5-19(6-2)15(14-10-8-7-9-11-14)12-17-16(20)18-13(3)4/h7-11,13,15H,5-6,12H2,1-4H3,(H2,17,18,20). The summed E-state index contributed by atoms with van der Waals surface area (Å²) in [6.07, 6.45) is 0. The molecule has 0 aromatic heterocycles. The molecule has 1 unspecified atom stereocenters. The second-order valence-corrected chi connectivity index (χ2v) is 5.57. The van der Waals surface area contributed by atoms with E-state index in [-0.39, 0.29) is 0 Å². The summed E-state index contributed by atoms with van der Waals surface area (Å²) in [5.74, 6) is 0. The van der Waals surface area contributed by atoms with Gasteiger partial charge in [-0.05, 0) is 44.7 Å². The lowest BCUT2D eigenvalue weighted by Crippen LogP contribution is -2.44. The van der Waals surface area contributed by atoms with E-state index in [0.29, 0.717) is 12.1 Å². The van der Waals surface area contributed by atoms with E-state index in [4.69, 9.17) is 12.2 Å². The second-order valence-electron chi connectivity index (χ2n) is 5.16. The molecule has 0 saturated heterocycles. The number of nitrogens with zero attached hydrogens (tertiary/aromatic N) is 1. The summed E-state index contributed by atoms with van der Waals surface area (Å²) < 4.78 is 0. The van der Waals surface area contributed by atoms with Gasteiger partial charge in [0.1, 0.15) is 0 Å². The van der Waals surface area contributed by atoms with Crippen LogP contribution in [0, 0.1) is 0 Å². The highest BCUT2D eigenvalue weighted by Crippen LogP contribution is 2.19. The smallest absolute Gasteiger partial charge is 0.166 e. The lowest BCUT2D eigenvalue weighted by molar-refractivity contribution is 0.219. The van der Waals surface area contributed by atoms with E-state index in [1.165, 1.54) is 5.56 Å². The zero-order valence-electron chi connectivity index (χ0n) is 13.0. The molecular formula is C16H27N3S. The molecule has 1 aromatic rings. The normalized spacial score (nSPS) is 12.5. The van der Waals surface area contributed by atoms with Crippen LogP contribution in [0.5, 0.6) is 0 Å². The molecule has 0 saturated carbocycles. The highest BCUT2D eigenvalue weighted by molar-refractivity contribution is 7.80. The quantitative estimate of drug-likeness (QED) is 0.756. The first-order valence-electron chi connectivity index (χ1n) is 7.41. The van der Waals surface area contributed by atoms with Gasteiger partial charge in [-0.3, -0.25) is 4.90 Å². The lowest BCUT2D eigenvalue weighted by Gasteiger charge is -2.31. The number of likely N-dealkylation sites (N-methyl/N-ethyl adjacent to an activating group) is 1. The van der Waals surface area contributed by atoms with Crippen LogP contribution in [0.4, 0.5) is 0 Å². The first kappa shape index (κ1) is 16.9. The highest BCUT2D eigenvalue weighted by Gasteiger charge is 2.17. The molecule has 0 aliphatic rings. The van der Waals surface area contributed by atoms with Gasteiger partial charge in [0.2, 0.25) is 0 Å². The number of hydrogen-bond acceptors (Lipinski definition) is 2. The van der Waals surface area contributed by atoms with Gasteiger partial charge in [0, 0.05) is 12.6 Å². The topological polar surface area (TPSA) is 27.3 Å². The average Bonchev–Trinajstić information content (AvgIpc) is 2.43. The van der Waals surface area contributed by atoms with Gasteiger partial charge in [-0.15, -0.1) is 0 Å². The summed E-state index contributed by atoms with van der Waals surface area (Å²) in [7, 11) is 0. The maximum atomic E-state index is 5.32. The molecule has 0 aliphatic heterocycles. The monoisotopic (exact) mass is 293 g/mol. The Kier molecular flexibility index (Phi) is 7.55. The summed E-state index contributed by atoms with van der Waals surface area (Å²) in [6.45, 7) is 11.5. The van der Waals surface area contributed by atoms with Gasteiger partial charge in [0.05, 0.1) is 6.04 Å². The molecule has 0 fully saturated rings. The molecule has 1 aromatic carbocycles. The second kappa shape index (κ2) is 8.93. The molecule has 0 heterocycles. The van der Waals surface area contributed by atoms with Crippen molar-refractivity contribution in [2.24, 2.45) is 0 Å². The predicted molar refractivity (Wildman–Crippen MR) is 91.0 cm³/mol. The van der Waals surface area contributed by atoms with Crippen molar-refractivity contribution in [3.05, 3.63) is 35.9 Å². The third-order valence-electron chi connectivity index (χ3n) is 3.31. The van der Waals surface area contributed by atoms with E-state index in [1.807, 2.05) is 0 Å². The van der Waals surface area contributed by atoms with Crippen LogP contribution in [0.2, 0.25) is 0 Å². The van der Waals surface area contributed by atoms with Crippen molar-refractivity contribution >= 4 is 17.3 Å². The fourth-order valence-corrected chi connectivity index (χ4v) is 2.62. The van der Waals surface area contributed by atoms with Crippen molar-refractivity contribution in [3.63, 3.8) is 0 Å². The maximum Gasteiger partial charge on any atom is 0.166 e. The van der Waals surface area contributed by atoms with Crippen LogP contribution in [0.1, 0.15) is 39.3 Å². The van der Waals surface area contributed by atoms with Gasteiger partial charge in [-0.25, -0.2) is 0 Å². The fourth-order valence-electron chi connectivity index (χ4n) is 2.30. The minimum atomic E-state index is 0.345. The van der Waals surface area contributed by atoms with E-state index in [1.54, 1.807) is 0 Å². The van der Waals surface area contributed by atoms with Gasteiger partial charge < -0.3 is 10.6 Å². The summed E-state index contributed by atoms with van der Waals surface area (Å²) in [5.41, 5.74) is 1.33. The summed E-state index contributed by atoms with van der Waals surface area (Å²) >= 11 is 5.32. The van der Waals surface area contributed by atoms with Gasteiger partial charge in [0.25, 0.3) is 0 Å². The molecule has 4 heteroatoms. The summed E-state index contributed by atoms with van der Waals surface area (Å²) in [4.78, 5) is 2.44. The van der Waals surface area contributed by atoms with Gasteiger partial charge in [-0.1, -0.05) is 44.2 Å². The number of hydrogen-bond donors (Lipinski definition) is 2. The zero-order chi connectivity index (χ0) is 15.0. The molecule has 112 valence electrons. The van der Waals surface area contributed by atoms with Crippen LogP contribution in [0.25, 0.3) is 0 Å². The first-order chi connectivity index (χ1) is 9.58. The van der Waals surface area contributed by atoms with Crippen LogP contribution in [0.15, 0.2) is 30.3 Å². The largest absolute Gasteiger partial charge is 0.361 e. The van der Waals surface area contributed by atoms with E-state index in [2.05, 4.69) is 73.6 Å². The molecule has 0 aliphatic carbocycles. The Bertz CT molecular complexity index is 388. The van der Waals surface area contributed by atoms with Crippen molar-refractivity contribution < 1.29 is 0 Å². The number of benzene rings is 1. The van der Waals surface area contributed by atoms with Crippen LogP contribution in [-0.4, -0.2) is 35.7 Å². The minimum Gasteiger partial charge on any atom is -0.361 e. The molecule has 0 bridgehead atoms. The van der Waals surface area contributed by atoms with Gasteiger partial charge >= 0.3 is 0 Å². The van der Waals surface area contributed by atoms with Crippen molar-refractivity contribution in [2.75, 3.05) is 19.6 Å². The highest BCUT2D eigenvalue weighted by atomic mass is 32.1. The number of nitrogens with one attached hydrogen (secondary N) is 2. The molecule has 0 radical (unpaired) electrons. The molecule has 0 spiro atoms. The Labute approximate surface area is 128 Å². The van der Waals surface area contributed by atoms with Crippen LogP contribution >= 0.6 is 12.2 Å².